The molecule has 5 heteroatoms. The maximum atomic E-state index is 12.7. The molecular weight excluding hydrogens is 358 g/mol. The van der Waals surface area contributed by atoms with Gasteiger partial charge >= 0.3 is 0 Å². The lowest BCUT2D eigenvalue weighted by atomic mass is 10.1. The van der Waals surface area contributed by atoms with Gasteiger partial charge in [0.15, 0.2) is 0 Å². The standard InChI is InChI=1S/C22H22ClN3O/c23-19-12-18-4-3-9-24-21(18)20(13-19)22(27)25-14-16-5-7-17(8-6-16)15-26-10-1-2-11-26/h3-9,12-13H,1-2,10-11,14-15H2,(H,25,27). The van der Waals surface area contributed by atoms with Crippen LogP contribution < -0.4 is 5.32 Å². The zero-order chi connectivity index (χ0) is 18.6. The number of likely N-dealkylation sites (tertiary alicyclic amines) is 1. The van der Waals surface area contributed by atoms with E-state index in [2.05, 4.69) is 39.5 Å². The van der Waals surface area contributed by atoms with Crippen molar-refractivity contribution >= 4 is 28.4 Å². The number of hydrogen-bond acceptors (Lipinski definition) is 3. The van der Waals surface area contributed by atoms with Gasteiger partial charge in [-0.1, -0.05) is 41.9 Å². The van der Waals surface area contributed by atoms with Gasteiger partial charge in [-0.2, -0.15) is 0 Å². The summed E-state index contributed by atoms with van der Waals surface area (Å²) < 4.78 is 0. The van der Waals surface area contributed by atoms with E-state index in [0.29, 0.717) is 22.6 Å². The third kappa shape index (κ3) is 4.29. The van der Waals surface area contributed by atoms with Gasteiger partial charge in [0.25, 0.3) is 5.91 Å². The van der Waals surface area contributed by atoms with Crippen LogP contribution in [0.1, 0.15) is 34.3 Å². The molecule has 1 aliphatic heterocycles. The predicted molar refractivity (Wildman–Crippen MR) is 109 cm³/mol. The highest BCUT2D eigenvalue weighted by Gasteiger charge is 2.13. The zero-order valence-electron chi connectivity index (χ0n) is 15.1. The van der Waals surface area contributed by atoms with Crippen LogP contribution in [0.15, 0.2) is 54.7 Å². The summed E-state index contributed by atoms with van der Waals surface area (Å²) in [5.74, 6) is -0.164. The Morgan fingerprint density at radius 2 is 1.81 bits per heavy atom. The highest BCUT2D eigenvalue weighted by Crippen LogP contribution is 2.22. The van der Waals surface area contributed by atoms with Crippen molar-refractivity contribution in [1.29, 1.82) is 0 Å². The van der Waals surface area contributed by atoms with Crippen LogP contribution >= 0.6 is 11.6 Å². The Morgan fingerprint density at radius 3 is 2.59 bits per heavy atom. The molecule has 1 aliphatic rings. The summed E-state index contributed by atoms with van der Waals surface area (Å²) >= 11 is 6.16. The molecule has 0 saturated carbocycles. The van der Waals surface area contributed by atoms with Gasteiger partial charge in [-0.15, -0.1) is 0 Å². The Kier molecular flexibility index (Phi) is 5.37. The lowest BCUT2D eigenvalue weighted by molar-refractivity contribution is 0.0952. The topological polar surface area (TPSA) is 45.2 Å². The fraction of sp³-hybridized carbons (Fsp3) is 0.273. The van der Waals surface area contributed by atoms with E-state index in [1.165, 1.54) is 31.5 Å². The van der Waals surface area contributed by atoms with Crippen molar-refractivity contribution in [3.8, 4) is 0 Å². The Balaban J connectivity index is 1.42. The number of nitrogens with zero attached hydrogens (tertiary/aromatic N) is 2. The summed E-state index contributed by atoms with van der Waals surface area (Å²) in [7, 11) is 0. The second-order valence-electron chi connectivity index (χ2n) is 7.01. The number of carbonyl (C=O) groups is 1. The lowest BCUT2D eigenvalue weighted by Crippen LogP contribution is -2.23. The third-order valence-electron chi connectivity index (χ3n) is 5.00. The first-order valence-corrected chi connectivity index (χ1v) is 9.69. The average Bonchev–Trinajstić information content (AvgIpc) is 3.19. The zero-order valence-corrected chi connectivity index (χ0v) is 15.9. The van der Waals surface area contributed by atoms with Crippen LogP contribution in [0.3, 0.4) is 0 Å². The lowest BCUT2D eigenvalue weighted by Gasteiger charge is -2.14. The normalized spacial score (nSPS) is 14.6. The molecule has 1 aromatic heterocycles. The molecule has 1 saturated heterocycles. The first kappa shape index (κ1) is 18.0. The number of carbonyl (C=O) groups excluding carboxylic acids is 1. The van der Waals surface area contributed by atoms with E-state index in [-0.39, 0.29) is 5.91 Å². The monoisotopic (exact) mass is 379 g/mol. The molecule has 0 unspecified atom stereocenters. The molecular formula is C22H22ClN3O. The Hall–Kier alpha value is -2.43. The second kappa shape index (κ2) is 8.07. The van der Waals surface area contributed by atoms with Crippen LogP contribution in [0.4, 0.5) is 0 Å². The van der Waals surface area contributed by atoms with Crippen LogP contribution in [0.2, 0.25) is 5.02 Å². The Bertz CT molecular complexity index is 949. The van der Waals surface area contributed by atoms with Gasteiger partial charge in [0.05, 0.1) is 11.1 Å². The van der Waals surface area contributed by atoms with Crippen molar-refractivity contribution in [1.82, 2.24) is 15.2 Å². The van der Waals surface area contributed by atoms with Crippen molar-refractivity contribution in [3.63, 3.8) is 0 Å². The minimum Gasteiger partial charge on any atom is -0.348 e. The number of nitrogens with one attached hydrogen (secondary N) is 1. The number of benzene rings is 2. The summed E-state index contributed by atoms with van der Waals surface area (Å²) in [6, 6.07) is 15.7. The van der Waals surface area contributed by atoms with Gasteiger partial charge < -0.3 is 5.32 Å². The van der Waals surface area contributed by atoms with E-state index in [9.17, 15) is 4.79 Å². The maximum Gasteiger partial charge on any atom is 0.253 e. The van der Waals surface area contributed by atoms with E-state index >= 15 is 0 Å². The smallest absolute Gasteiger partial charge is 0.253 e. The molecule has 2 heterocycles. The molecule has 0 bridgehead atoms. The van der Waals surface area contributed by atoms with E-state index < -0.39 is 0 Å². The van der Waals surface area contributed by atoms with Crippen LogP contribution in [-0.2, 0) is 13.1 Å². The van der Waals surface area contributed by atoms with E-state index in [1.807, 2.05) is 18.2 Å². The number of amides is 1. The van der Waals surface area contributed by atoms with Gasteiger partial charge in [-0.05, 0) is 55.3 Å². The van der Waals surface area contributed by atoms with Crippen LogP contribution in [0, 0.1) is 0 Å². The first-order chi connectivity index (χ1) is 13.2. The number of hydrogen-bond donors (Lipinski definition) is 1. The molecule has 4 rings (SSSR count). The molecule has 0 aliphatic carbocycles. The summed E-state index contributed by atoms with van der Waals surface area (Å²) in [4.78, 5) is 19.5. The van der Waals surface area contributed by atoms with Gasteiger partial charge in [0, 0.05) is 29.7 Å². The molecule has 0 spiro atoms. The van der Waals surface area contributed by atoms with Gasteiger partial charge in [-0.3, -0.25) is 14.7 Å². The molecule has 0 radical (unpaired) electrons. The SMILES string of the molecule is O=C(NCc1ccc(CN2CCCC2)cc1)c1cc(Cl)cc2cccnc12. The number of pyridine rings is 1. The number of fused-ring (bicyclic) bond motifs is 1. The van der Waals surface area contributed by atoms with Crippen molar-refractivity contribution in [2.24, 2.45) is 0 Å². The maximum absolute atomic E-state index is 12.7. The largest absolute Gasteiger partial charge is 0.348 e. The quantitative estimate of drug-likeness (QED) is 0.714. The van der Waals surface area contributed by atoms with Crippen LogP contribution in [-0.4, -0.2) is 28.9 Å². The molecule has 3 aromatic rings. The average molecular weight is 380 g/mol. The van der Waals surface area contributed by atoms with Crippen molar-refractivity contribution < 1.29 is 4.79 Å². The van der Waals surface area contributed by atoms with Crippen molar-refractivity contribution in [2.75, 3.05) is 13.1 Å². The third-order valence-corrected chi connectivity index (χ3v) is 5.21. The fourth-order valence-corrected chi connectivity index (χ4v) is 3.79. The highest BCUT2D eigenvalue weighted by atomic mass is 35.5. The molecule has 27 heavy (non-hydrogen) atoms. The Morgan fingerprint density at radius 1 is 1.07 bits per heavy atom. The minimum atomic E-state index is -0.164. The molecule has 2 aromatic carbocycles. The second-order valence-corrected chi connectivity index (χ2v) is 7.45. The number of aromatic nitrogens is 1. The van der Waals surface area contributed by atoms with Crippen LogP contribution in [0.25, 0.3) is 10.9 Å². The highest BCUT2D eigenvalue weighted by molar-refractivity contribution is 6.32. The van der Waals surface area contributed by atoms with Gasteiger partial charge in [-0.25, -0.2) is 0 Å². The number of halogens is 1. The molecule has 1 N–H and O–H groups in total. The predicted octanol–water partition coefficient (Wildman–Crippen LogP) is 4.41. The van der Waals surface area contributed by atoms with Crippen molar-refractivity contribution in [3.05, 3.63) is 76.4 Å². The molecule has 1 amide bonds. The van der Waals surface area contributed by atoms with Crippen molar-refractivity contribution in [2.45, 2.75) is 25.9 Å². The van der Waals surface area contributed by atoms with E-state index in [1.54, 1.807) is 12.3 Å². The molecule has 0 atom stereocenters. The minimum absolute atomic E-state index is 0.164. The summed E-state index contributed by atoms with van der Waals surface area (Å²) in [6.07, 6.45) is 4.29. The Labute approximate surface area is 164 Å². The molecule has 4 nitrogen and oxygen atoms in total. The first-order valence-electron chi connectivity index (χ1n) is 9.32. The van der Waals surface area contributed by atoms with E-state index in [4.69, 9.17) is 11.6 Å². The molecule has 1 fully saturated rings. The number of rotatable bonds is 5. The van der Waals surface area contributed by atoms with Crippen LogP contribution in [0.5, 0.6) is 0 Å². The van der Waals surface area contributed by atoms with Gasteiger partial charge in [0.1, 0.15) is 0 Å². The fourth-order valence-electron chi connectivity index (χ4n) is 3.57. The summed E-state index contributed by atoms with van der Waals surface area (Å²) in [5.41, 5.74) is 3.56. The van der Waals surface area contributed by atoms with E-state index in [0.717, 1.165) is 17.5 Å². The summed E-state index contributed by atoms with van der Waals surface area (Å²) in [5, 5.41) is 4.38. The van der Waals surface area contributed by atoms with Gasteiger partial charge in [0.2, 0.25) is 0 Å². The molecule has 138 valence electrons. The summed E-state index contributed by atoms with van der Waals surface area (Å²) in [6.45, 7) is 3.87.